The van der Waals surface area contributed by atoms with E-state index in [4.69, 9.17) is 9.47 Å². The quantitative estimate of drug-likeness (QED) is 0.420. The number of carbonyl (C=O) groups is 2. The Bertz CT molecular complexity index is 1060. The maximum absolute atomic E-state index is 13.6. The summed E-state index contributed by atoms with van der Waals surface area (Å²) in [6.07, 6.45) is 1.63. The van der Waals surface area contributed by atoms with Crippen LogP contribution in [0.4, 0.5) is 5.69 Å². The largest absolute Gasteiger partial charge is 0.491 e. The molecule has 0 saturated heterocycles. The SMILES string of the molecule is CC(C)OCCCN1C(=O)C(c2ccc(OC(C)C)cc2)=C(N2CCc3ccccc32)C1=O. The summed E-state index contributed by atoms with van der Waals surface area (Å²) in [7, 11) is 0. The van der Waals surface area contributed by atoms with Crippen molar-refractivity contribution in [1.29, 1.82) is 0 Å². The average molecular weight is 449 g/mol. The number of imide groups is 1. The van der Waals surface area contributed by atoms with Gasteiger partial charge in [-0.2, -0.15) is 0 Å². The number of anilines is 1. The van der Waals surface area contributed by atoms with E-state index in [9.17, 15) is 9.59 Å². The number of amides is 2. The first-order chi connectivity index (χ1) is 15.9. The van der Waals surface area contributed by atoms with E-state index >= 15 is 0 Å². The minimum absolute atomic E-state index is 0.0602. The van der Waals surface area contributed by atoms with Crippen LogP contribution in [0, 0.1) is 0 Å². The molecule has 0 bridgehead atoms. The van der Waals surface area contributed by atoms with Crippen LogP contribution >= 0.6 is 0 Å². The Morgan fingerprint density at radius 1 is 0.909 bits per heavy atom. The molecule has 2 aliphatic rings. The highest BCUT2D eigenvalue weighted by Crippen LogP contribution is 2.38. The van der Waals surface area contributed by atoms with Crippen LogP contribution in [0.1, 0.15) is 45.2 Å². The molecule has 2 heterocycles. The number of hydrogen-bond acceptors (Lipinski definition) is 5. The molecule has 6 heteroatoms. The van der Waals surface area contributed by atoms with Gasteiger partial charge in [0.05, 0.1) is 17.8 Å². The number of ether oxygens (including phenoxy) is 2. The Labute approximate surface area is 195 Å². The molecule has 2 aromatic carbocycles. The summed E-state index contributed by atoms with van der Waals surface area (Å²) in [5.74, 6) is 0.252. The van der Waals surface area contributed by atoms with Gasteiger partial charge in [0.25, 0.3) is 11.8 Å². The van der Waals surface area contributed by atoms with Crippen molar-refractivity contribution in [1.82, 2.24) is 4.90 Å². The van der Waals surface area contributed by atoms with Crippen LogP contribution in [0.2, 0.25) is 0 Å². The van der Waals surface area contributed by atoms with Gasteiger partial charge in [-0.25, -0.2) is 0 Å². The summed E-state index contributed by atoms with van der Waals surface area (Å²) in [6.45, 7) is 9.41. The standard InChI is InChI=1S/C27H32N2O4/c1-18(2)32-17-7-15-29-26(30)24(21-10-12-22(13-11-21)33-19(3)4)25(27(29)31)28-16-14-20-8-5-6-9-23(20)28/h5-6,8-13,18-19H,7,14-17H2,1-4H3. The molecule has 4 rings (SSSR count). The molecule has 0 aromatic heterocycles. The summed E-state index contributed by atoms with van der Waals surface area (Å²) in [5.41, 5.74) is 3.83. The highest BCUT2D eigenvalue weighted by atomic mass is 16.5. The van der Waals surface area contributed by atoms with E-state index in [0.29, 0.717) is 37.4 Å². The molecule has 2 aliphatic heterocycles. The second kappa shape index (κ2) is 9.79. The van der Waals surface area contributed by atoms with Crippen LogP contribution in [-0.4, -0.2) is 48.6 Å². The number of hydrogen-bond donors (Lipinski definition) is 0. The van der Waals surface area contributed by atoms with Crippen LogP contribution in [-0.2, 0) is 20.7 Å². The Balaban J connectivity index is 1.68. The van der Waals surface area contributed by atoms with E-state index in [1.807, 2.05) is 75.1 Å². The maximum atomic E-state index is 13.6. The third-order valence-corrected chi connectivity index (χ3v) is 5.79. The van der Waals surface area contributed by atoms with Gasteiger partial charge in [-0.1, -0.05) is 30.3 Å². The zero-order chi connectivity index (χ0) is 23.5. The van der Waals surface area contributed by atoms with E-state index in [-0.39, 0.29) is 24.0 Å². The van der Waals surface area contributed by atoms with Crippen molar-refractivity contribution < 1.29 is 19.1 Å². The van der Waals surface area contributed by atoms with Gasteiger partial charge in [0.15, 0.2) is 0 Å². The average Bonchev–Trinajstić information content (AvgIpc) is 3.30. The first-order valence-electron chi connectivity index (χ1n) is 11.7. The lowest BCUT2D eigenvalue weighted by Gasteiger charge is -2.22. The minimum Gasteiger partial charge on any atom is -0.491 e. The highest BCUT2D eigenvalue weighted by Gasteiger charge is 2.42. The molecular formula is C27H32N2O4. The summed E-state index contributed by atoms with van der Waals surface area (Å²) < 4.78 is 11.4. The zero-order valence-electron chi connectivity index (χ0n) is 19.8. The molecule has 0 radical (unpaired) electrons. The maximum Gasteiger partial charge on any atom is 0.278 e. The lowest BCUT2D eigenvalue weighted by atomic mass is 10.0. The molecule has 0 fully saturated rings. The molecular weight excluding hydrogens is 416 g/mol. The van der Waals surface area contributed by atoms with Crippen LogP contribution in [0.3, 0.4) is 0 Å². The van der Waals surface area contributed by atoms with Gasteiger partial charge >= 0.3 is 0 Å². The Kier molecular flexibility index (Phi) is 6.84. The topological polar surface area (TPSA) is 59.1 Å². The number of rotatable bonds is 9. The van der Waals surface area contributed by atoms with Gasteiger partial charge in [0.1, 0.15) is 11.4 Å². The molecule has 6 nitrogen and oxygen atoms in total. The van der Waals surface area contributed by atoms with E-state index in [1.54, 1.807) is 0 Å². The zero-order valence-corrected chi connectivity index (χ0v) is 19.8. The predicted molar refractivity (Wildman–Crippen MR) is 129 cm³/mol. The lowest BCUT2D eigenvalue weighted by Crippen LogP contribution is -2.36. The van der Waals surface area contributed by atoms with Gasteiger partial charge in [-0.15, -0.1) is 0 Å². The Morgan fingerprint density at radius 3 is 2.33 bits per heavy atom. The van der Waals surface area contributed by atoms with Crippen molar-refractivity contribution in [2.75, 3.05) is 24.6 Å². The molecule has 0 unspecified atom stereocenters. The first-order valence-corrected chi connectivity index (χ1v) is 11.7. The second-order valence-corrected chi connectivity index (χ2v) is 8.98. The molecule has 2 aromatic rings. The monoisotopic (exact) mass is 448 g/mol. The fourth-order valence-corrected chi connectivity index (χ4v) is 4.36. The van der Waals surface area contributed by atoms with E-state index in [1.165, 1.54) is 10.5 Å². The van der Waals surface area contributed by atoms with Crippen molar-refractivity contribution in [3.05, 3.63) is 65.4 Å². The normalized spacial score (nSPS) is 15.9. The van der Waals surface area contributed by atoms with Gasteiger partial charge in [-0.05, 0) is 69.9 Å². The third-order valence-electron chi connectivity index (χ3n) is 5.79. The van der Waals surface area contributed by atoms with Crippen molar-refractivity contribution in [2.24, 2.45) is 0 Å². The molecule has 0 atom stereocenters. The summed E-state index contributed by atoms with van der Waals surface area (Å²) in [4.78, 5) is 30.5. The Hall–Kier alpha value is -3.12. The van der Waals surface area contributed by atoms with Gasteiger partial charge < -0.3 is 14.4 Å². The summed E-state index contributed by atoms with van der Waals surface area (Å²) >= 11 is 0. The van der Waals surface area contributed by atoms with Crippen molar-refractivity contribution in [3.8, 4) is 5.75 Å². The van der Waals surface area contributed by atoms with Crippen molar-refractivity contribution >= 4 is 23.1 Å². The summed E-state index contributed by atoms with van der Waals surface area (Å²) in [6, 6.07) is 15.5. The predicted octanol–water partition coefficient (Wildman–Crippen LogP) is 4.43. The van der Waals surface area contributed by atoms with E-state index in [2.05, 4.69) is 6.07 Å². The fourth-order valence-electron chi connectivity index (χ4n) is 4.36. The van der Waals surface area contributed by atoms with Crippen LogP contribution < -0.4 is 9.64 Å². The lowest BCUT2D eigenvalue weighted by molar-refractivity contribution is -0.137. The number of nitrogens with zero attached hydrogens (tertiary/aromatic N) is 2. The first kappa shape index (κ1) is 23.1. The molecule has 33 heavy (non-hydrogen) atoms. The number of fused-ring (bicyclic) bond motifs is 1. The second-order valence-electron chi connectivity index (χ2n) is 8.98. The molecule has 0 aliphatic carbocycles. The highest BCUT2D eigenvalue weighted by molar-refractivity contribution is 6.36. The molecule has 0 N–H and O–H groups in total. The molecule has 2 amide bonds. The summed E-state index contributed by atoms with van der Waals surface area (Å²) in [5, 5.41) is 0. The van der Waals surface area contributed by atoms with Gasteiger partial charge in [-0.3, -0.25) is 14.5 Å². The third kappa shape index (κ3) is 4.81. The fraction of sp³-hybridized carbons (Fsp3) is 0.407. The minimum atomic E-state index is -0.249. The van der Waals surface area contributed by atoms with Gasteiger partial charge in [0, 0.05) is 25.4 Å². The van der Waals surface area contributed by atoms with E-state index in [0.717, 1.165) is 23.4 Å². The van der Waals surface area contributed by atoms with Gasteiger partial charge in [0.2, 0.25) is 0 Å². The van der Waals surface area contributed by atoms with E-state index < -0.39 is 0 Å². The van der Waals surface area contributed by atoms with Crippen LogP contribution in [0.25, 0.3) is 5.57 Å². The Morgan fingerprint density at radius 2 is 1.64 bits per heavy atom. The smallest absolute Gasteiger partial charge is 0.278 e. The van der Waals surface area contributed by atoms with Crippen molar-refractivity contribution in [3.63, 3.8) is 0 Å². The van der Waals surface area contributed by atoms with Crippen LogP contribution in [0.5, 0.6) is 5.75 Å². The molecule has 0 spiro atoms. The number of para-hydroxylation sites is 1. The molecule has 174 valence electrons. The van der Waals surface area contributed by atoms with Crippen molar-refractivity contribution in [2.45, 2.75) is 52.7 Å². The molecule has 0 saturated carbocycles. The van der Waals surface area contributed by atoms with Crippen LogP contribution in [0.15, 0.2) is 54.2 Å². The number of benzene rings is 2. The number of carbonyl (C=O) groups excluding carboxylic acids is 2.